The lowest BCUT2D eigenvalue weighted by molar-refractivity contribution is -0.149. The van der Waals surface area contributed by atoms with Gasteiger partial charge in [0.2, 0.25) is 5.91 Å². The van der Waals surface area contributed by atoms with Gasteiger partial charge in [0.05, 0.1) is 30.8 Å². The molecule has 0 radical (unpaired) electrons. The van der Waals surface area contributed by atoms with Crippen LogP contribution in [-0.4, -0.2) is 55.0 Å². The molecule has 0 heterocycles. The van der Waals surface area contributed by atoms with E-state index in [4.69, 9.17) is 15.2 Å². The van der Waals surface area contributed by atoms with Crippen molar-refractivity contribution in [3.63, 3.8) is 0 Å². The van der Waals surface area contributed by atoms with Crippen LogP contribution in [0.15, 0.2) is 0 Å². The van der Waals surface area contributed by atoms with Crippen molar-refractivity contribution in [1.29, 1.82) is 0 Å². The number of rotatable bonds is 7. The average Bonchev–Trinajstić information content (AvgIpc) is 2.79. The van der Waals surface area contributed by atoms with Gasteiger partial charge in [0, 0.05) is 26.0 Å². The fourth-order valence-corrected chi connectivity index (χ4v) is 3.70. The number of amides is 1. The number of hydrogen-bond acceptors (Lipinski definition) is 6. The number of hydrogen-bond donors (Lipinski definition) is 3. The zero-order valence-electron chi connectivity index (χ0n) is 14.7. The number of aliphatic hydroxyl groups excluding tert-OH is 1. The molecule has 0 saturated heterocycles. The van der Waals surface area contributed by atoms with Crippen LogP contribution >= 0.6 is 0 Å². The van der Waals surface area contributed by atoms with Crippen LogP contribution in [0, 0.1) is 11.8 Å². The highest BCUT2D eigenvalue weighted by molar-refractivity contribution is 5.74. The van der Waals surface area contributed by atoms with Crippen LogP contribution in [0.4, 0.5) is 0 Å². The van der Waals surface area contributed by atoms with Gasteiger partial charge in [-0.3, -0.25) is 9.59 Å². The summed E-state index contributed by atoms with van der Waals surface area (Å²) >= 11 is 0. The van der Waals surface area contributed by atoms with Gasteiger partial charge in [-0.1, -0.05) is 13.3 Å². The maximum absolute atomic E-state index is 11.8. The highest BCUT2D eigenvalue weighted by Crippen LogP contribution is 2.39. The number of ether oxygens (including phenoxy) is 2. The summed E-state index contributed by atoms with van der Waals surface area (Å²) in [6.07, 6.45) is 0.868. The second-order valence-corrected chi connectivity index (χ2v) is 6.54. The number of carbonyl (C=O) groups excluding carboxylic acids is 2. The molecule has 4 N–H and O–H groups in total. The predicted molar refractivity (Wildman–Crippen MR) is 85.5 cm³/mol. The summed E-state index contributed by atoms with van der Waals surface area (Å²) in [6.45, 7) is 5.33. The topological polar surface area (TPSA) is 111 Å². The van der Waals surface area contributed by atoms with Crippen molar-refractivity contribution in [3.05, 3.63) is 0 Å². The second-order valence-electron chi connectivity index (χ2n) is 6.54. The first kappa shape index (κ1) is 19.9. The molecule has 0 aliphatic heterocycles. The molecular weight excluding hydrogens is 300 g/mol. The Balaban J connectivity index is 3.15. The van der Waals surface area contributed by atoms with E-state index in [0.29, 0.717) is 12.8 Å². The minimum absolute atomic E-state index is 0.227. The van der Waals surface area contributed by atoms with E-state index in [2.05, 4.69) is 5.32 Å². The fraction of sp³-hybridized carbons (Fsp3) is 0.875. The van der Waals surface area contributed by atoms with Gasteiger partial charge in [-0.2, -0.15) is 0 Å². The minimum Gasteiger partial charge on any atom is -0.469 e. The third-order valence-electron chi connectivity index (χ3n) is 4.95. The molecule has 1 amide bonds. The summed E-state index contributed by atoms with van der Waals surface area (Å²) in [5, 5.41) is 13.5. The second kappa shape index (κ2) is 8.08. The standard InChI is InChI=1S/C16H30N2O5/c1-6-7-16(3,23-5)14(18-9(2)19)12-11(17)8-10(13(12)20)15(21)22-4/h10-14,20H,6-8,17H2,1-5H3,(H,18,19)/t10-,11+,12-,13+,14+,16-/m0/s1. The zero-order chi connectivity index (χ0) is 17.8. The quantitative estimate of drug-likeness (QED) is 0.575. The van der Waals surface area contributed by atoms with Crippen LogP contribution in [0.25, 0.3) is 0 Å². The summed E-state index contributed by atoms with van der Waals surface area (Å²) in [5.74, 6) is -1.87. The third-order valence-corrected chi connectivity index (χ3v) is 4.95. The van der Waals surface area contributed by atoms with Gasteiger partial charge < -0.3 is 25.6 Å². The van der Waals surface area contributed by atoms with Gasteiger partial charge in [-0.15, -0.1) is 0 Å². The van der Waals surface area contributed by atoms with Crippen LogP contribution in [-0.2, 0) is 19.1 Å². The summed E-state index contributed by atoms with van der Waals surface area (Å²) in [6, 6.07) is -0.929. The van der Waals surface area contributed by atoms with Gasteiger partial charge in [0.25, 0.3) is 0 Å². The van der Waals surface area contributed by atoms with Crippen molar-refractivity contribution in [2.45, 2.75) is 63.8 Å². The Morgan fingerprint density at radius 1 is 1.43 bits per heavy atom. The first-order chi connectivity index (χ1) is 10.7. The number of nitrogens with two attached hydrogens (primary N) is 1. The van der Waals surface area contributed by atoms with Crippen LogP contribution in [0.3, 0.4) is 0 Å². The van der Waals surface area contributed by atoms with E-state index in [1.165, 1.54) is 14.0 Å². The molecule has 1 saturated carbocycles. The van der Waals surface area contributed by atoms with Crippen molar-refractivity contribution in [2.24, 2.45) is 17.6 Å². The molecule has 7 nitrogen and oxygen atoms in total. The van der Waals surface area contributed by atoms with Crippen LogP contribution < -0.4 is 11.1 Å². The SMILES string of the molecule is CCC[C@](C)(OC)[C@H](NC(C)=O)[C@@H]1[C@H](O)[C@@H](C(=O)OC)C[C@H]1N. The van der Waals surface area contributed by atoms with E-state index < -0.39 is 41.6 Å². The molecule has 0 aromatic heterocycles. The van der Waals surface area contributed by atoms with Gasteiger partial charge in [0.1, 0.15) is 0 Å². The third kappa shape index (κ3) is 4.22. The number of methoxy groups -OCH3 is 2. The summed E-state index contributed by atoms with van der Waals surface area (Å²) in [4.78, 5) is 23.5. The maximum Gasteiger partial charge on any atom is 0.311 e. The molecule has 1 rings (SSSR count). The Bertz CT molecular complexity index is 431. The number of nitrogens with one attached hydrogen (secondary N) is 1. The Kier molecular flexibility index (Phi) is 6.98. The summed E-state index contributed by atoms with van der Waals surface area (Å²) in [7, 11) is 2.87. The summed E-state index contributed by atoms with van der Waals surface area (Å²) in [5.41, 5.74) is 5.52. The Labute approximate surface area is 137 Å². The Morgan fingerprint density at radius 3 is 2.48 bits per heavy atom. The Hall–Kier alpha value is -1.18. The van der Waals surface area contributed by atoms with E-state index in [-0.39, 0.29) is 5.91 Å². The first-order valence-electron chi connectivity index (χ1n) is 8.05. The van der Waals surface area contributed by atoms with E-state index >= 15 is 0 Å². The molecule has 0 unspecified atom stereocenters. The van der Waals surface area contributed by atoms with Crippen LogP contribution in [0.5, 0.6) is 0 Å². The number of esters is 1. The van der Waals surface area contributed by atoms with Crippen molar-refractivity contribution in [1.82, 2.24) is 5.32 Å². The van der Waals surface area contributed by atoms with Crippen molar-refractivity contribution in [2.75, 3.05) is 14.2 Å². The molecule has 0 aromatic rings. The molecule has 1 aliphatic rings. The van der Waals surface area contributed by atoms with E-state index in [1.807, 2.05) is 13.8 Å². The fourth-order valence-electron chi connectivity index (χ4n) is 3.70. The van der Waals surface area contributed by atoms with E-state index in [9.17, 15) is 14.7 Å². The molecule has 134 valence electrons. The lowest BCUT2D eigenvalue weighted by atomic mass is 9.78. The molecule has 0 aromatic carbocycles. The highest BCUT2D eigenvalue weighted by Gasteiger charge is 2.53. The summed E-state index contributed by atoms with van der Waals surface area (Å²) < 4.78 is 10.4. The predicted octanol–water partition coefficient (Wildman–Crippen LogP) is 0.194. The van der Waals surface area contributed by atoms with Crippen molar-refractivity contribution >= 4 is 11.9 Å². The molecule has 1 fully saturated rings. The van der Waals surface area contributed by atoms with E-state index in [1.54, 1.807) is 7.11 Å². The normalized spacial score (nSPS) is 31.3. The molecule has 0 bridgehead atoms. The lowest BCUT2D eigenvalue weighted by Gasteiger charge is -2.42. The minimum atomic E-state index is -0.986. The molecule has 23 heavy (non-hydrogen) atoms. The van der Waals surface area contributed by atoms with Crippen molar-refractivity contribution in [3.8, 4) is 0 Å². The van der Waals surface area contributed by atoms with E-state index in [0.717, 1.165) is 6.42 Å². The largest absolute Gasteiger partial charge is 0.469 e. The molecule has 0 spiro atoms. The monoisotopic (exact) mass is 330 g/mol. The van der Waals surface area contributed by atoms with Gasteiger partial charge in [0.15, 0.2) is 0 Å². The number of aliphatic hydroxyl groups is 1. The Morgan fingerprint density at radius 2 is 2.04 bits per heavy atom. The number of carbonyl (C=O) groups is 2. The van der Waals surface area contributed by atoms with Crippen molar-refractivity contribution < 1.29 is 24.2 Å². The first-order valence-corrected chi connectivity index (χ1v) is 8.05. The van der Waals surface area contributed by atoms with Crippen LogP contribution in [0.2, 0.25) is 0 Å². The van der Waals surface area contributed by atoms with Gasteiger partial charge >= 0.3 is 5.97 Å². The average molecular weight is 330 g/mol. The van der Waals surface area contributed by atoms with Gasteiger partial charge in [-0.05, 0) is 19.8 Å². The smallest absolute Gasteiger partial charge is 0.311 e. The molecular formula is C16H30N2O5. The lowest BCUT2D eigenvalue weighted by Crippen LogP contribution is -2.60. The zero-order valence-corrected chi connectivity index (χ0v) is 14.7. The highest BCUT2D eigenvalue weighted by atomic mass is 16.5. The maximum atomic E-state index is 11.8. The molecule has 1 aliphatic carbocycles. The molecule has 7 heteroatoms. The molecule has 6 atom stereocenters. The van der Waals surface area contributed by atoms with Gasteiger partial charge in [-0.25, -0.2) is 0 Å². The van der Waals surface area contributed by atoms with Crippen LogP contribution in [0.1, 0.15) is 40.0 Å².